The molecule has 0 saturated carbocycles. The highest BCUT2D eigenvalue weighted by Gasteiger charge is 2.24. The molecule has 2 aromatic rings. The zero-order valence-corrected chi connectivity index (χ0v) is 13.0. The molecule has 3 rings (SSSR count). The van der Waals surface area contributed by atoms with Crippen molar-refractivity contribution in [3.8, 4) is 5.75 Å². The predicted octanol–water partition coefficient (Wildman–Crippen LogP) is 3.57. The van der Waals surface area contributed by atoms with Crippen LogP contribution in [0.15, 0.2) is 22.7 Å². The van der Waals surface area contributed by atoms with Crippen LogP contribution in [-0.4, -0.2) is 15.9 Å². The van der Waals surface area contributed by atoms with Crippen molar-refractivity contribution in [1.29, 1.82) is 0 Å². The third-order valence-electron chi connectivity index (χ3n) is 3.63. The van der Waals surface area contributed by atoms with Crippen LogP contribution in [0.1, 0.15) is 22.5 Å². The van der Waals surface area contributed by atoms with E-state index in [4.69, 9.17) is 4.74 Å². The number of fused-ring (bicyclic) bond motifs is 1. The summed E-state index contributed by atoms with van der Waals surface area (Å²) in [7, 11) is 0. The summed E-state index contributed by atoms with van der Waals surface area (Å²) < 4.78 is 9.12. The maximum absolute atomic E-state index is 5.99. The first-order valence-electron chi connectivity index (χ1n) is 6.50. The Kier molecular flexibility index (Phi) is 3.13. The fraction of sp³-hybridized carbons (Fsp3) is 0.400. The fourth-order valence-electron chi connectivity index (χ4n) is 2.60. The van der Waals surface area contributed by atoms with E-state index < -0.39 is 0 Å². The molecule has 0 radical (unpaired) electrons. The summed E-state index contributed by atoms with van der Waals surface area (Å²) in [6, 6.07) is 6.38. The molecule has 19 heavy (non-hydrogen) atoms. The fourth-order valence-corrected chi connectivity index (χ4v) is 2.88. The second-order valence-corrected chi connectivity index (χ2v) is 6.02. The number of benzene rings is 1. The maximum atomic E-state index is 5.99. The Morgan fingerprint density at radius 3 is 2.84 bits per heavy atom. The van der Waals surface area contributed by atoms with E-state index in [1.54, 1.807) is 0 Å². The number of aromatic nitrogens is 2. The average Bonchev–Trinajstić information content (AvgIpc) is 2.86. The molecule has 0 saturated heterocycles. The largest absolute Gasteiger partial charge is 0.488 e. The lowest BCUT2D eigenvalue weighted by molar-refractivity contribution is 0.202. The van der Waals surface area contributed by atoms with Crippen LogP contribution >= 0.6 is 15.9 Å². The monoisotopic (exact) mass is 320 g/mol. The first-order valence-corrected chi connectivity index (χ1v) is 7.29. The Morgan fingerprint density at radius 1 is 1.37 bits per heavy atom. The standard InChI is InChI=1S/C15H17BrN2O/c1-9-4-5-14-12(6-9)7-13(19-14)8-18-11(3)15(16)10(2)17-18/h4-6,13H,7-8H2,1-3H3. The minimum absolute atomic E-state index is 0.182. The molecule has 0 amide bonds. The molecule has 0 bridgehead atoms. The molecule has 1 aromatic carbocycles. The molecular formula is C15H17BrN2O. The SMILES string of the molecule is Cc1ccc2c(c1)CC(Cn1nc(C)c(Br)c1C)O2. The van der Waals surface area contributed by atoms with Gasteiger partial charge in [-0.2, -0.15) is 5.10 Å². The molecule has 4 heteroatoms. The molecular weight excluding hydrogens is 304 g/mol. The normalized spacial score (nSPS) is 17.4. The van der Waals surface area contributed by atoms with Crippen molar-refractivity contribution < 1.29 is 4.74 Å². The minimum atomic E-state index is 0.182. The Balaban J connectivity index is 1.78. The van der Waals surface area contributed by atoms with E-state index in [0.29, 0.717) is 0 Å². The maximum Gasteiger partial charge on any atom is 0.123 e. The summed E-state index contributed by atoms with van der Waals surface area (Å²) in [5.74, 6) is 1.02. The van der Waals surface area contributed by atoms with Gasteiger partial charge in [-0.05, 0) is 48.3 Å². The summed E-state index contributed by atoms with van der Waals surface area (Å²) in [6.07, 6.45) is 1.15. The van der Waals surface area contributed by atoms with Gasteiger partial charge in [-0.3, -0.25) is 4.68 Å². The highest BCUT2D eigenvalue weighted by molar-refractivity contribution is 9.10. The number of nitrogens with zero attached hydrogens (tertiary/aromatic N) is 2. The highest BCUT2D eigenvalue weighted by Crippen LogP contribution is 2.30. The van der Waals surface area contributed by atoms with Crippen molar-refractivity contribution in [3.05, 3.63) is 45.2 Å². The molecule has 1 aliphatic heterocycles. The summed E-state index contributed by atoms with van der Waals surface area (Å²) in [6.45, 7) is 7.01. The molecule has 0 spiro atoms. The van der Waals surface area contributed by atoms with Gasteiger partial charge in [0.25, 0.3) is 0 Å². The van der Waals surface area contributed by atoms with Gasteiger partial charge < -0.3 is 4.74 Å². The number of rotatable bonds is 2. The van der Waals surface area contributed by atoms with Crippen LogP contribution in [0, 0.1) is 20.8 Å². The number of hydrogen-bond acceptors (Lipinski definition) is 2. The molecule has 1 atom stereocenters. The van der Waals surface area contributed by atoms with E-state index in [-0.39, 0.29) is 6.10 Å². The van der Waals surface area contributed by atoms with Crippen LogP contribution in [0.4, 0.5) is 0 Å². The molecule has 100 valence electrons. The van der Waals surface area contributed by atoms with Gasteiger partial charge in [0.2, 0.25) is 0 Å². The van der Waals surface area contributed by atoms with E-state index in [9.17, 15) is 0 Å². The van der Waals surface area contributed by atoms with Crippen LogP contribution in [-0.2, 0) is 13.0 Å². The van der Waals surface area contributed by atoms with E-state index >= 15 is 0 Å². The van der Waals surface area contributed by atoms with Crippen molar-refractivity contribution in [2.24, 2.45) is 0 Å². The molecule has 0 N–H and O–H groups in total. The summed E-state index contributed by atoms with van der Waals surface area (Å²) in [5, 5.41) is 4.54. The van der Waals surface area contributed by atoms with Crippen molar-refractivity contribution in [3.63, 3.8) is 0 Å². The molecule has 0 aliphatic carbocycles. The van der Waals surface area contributed by atoms with E-state index in [1.165, 1.54) is 11.1 Å². The quantitative estimate of drug-likeness (QED) is 0.845. The van der Waals surface area contributed by atoms with Crippen LogP contribution < -0.4 is 4.74 Å². The summed E-state index contributed by atoms with van der Waals surface area (Å²) in [4.78, 5) is 0. The zero-order chi connectivity index (χ0) is 13.6. The zero-order valence-electron chi connectivity index (χ0n) is 11.4. The van der Waals surface area contributed by atoms with Crippen LogP contribution in [0.2, 0.25) is 0 Å². The second-order valence-electron chi connectivity index (χ2n) is 5.22. The first kappa shape index (κ1) is 12.7. The van der Waals surface area contributed by atoms with Gasteiger partial charge in [0.05, 0.1) is 16.7 Å². The first-order chi connectivity index (χ1) is 9.04. The van der Waals surface area contributed by atoms with Gasteiger partial charge >= 0.3 is 0 Å². The summed E-state index contributed by atoms with van der Waals surface area (Å²) >= 11 is 3.56. The molecule has 1 aromatic heterocycles. The van der Waals surface area contributed by atoms with Crippen molar-refractivity contribution in [2.45, 2.75) is 39.8 Å². The van der Waals surface area contributed by atoms with Gasteiger partial charge in [0.15, 0.2) is 0 Å². The van der Waals surface area contributed by atoms with Gasteiger partial charge in [-0.25, -0.2) is 0 Å². The minimum Gasteiger partial charge on any atom is -0.488 e. The molecule has 2 heterocycles. The van der Waals surface area contributed by atoms with Gasteiger partial charge in [0.1, 0.15) is 11.9 Å². The van der Waals surface area contributed by atoms with E-state index in [1.807, 2.05) is 11.6 Å². The number of aryl methyl sites for hydroxylation is 2. The van der Waals surface area contributed by atoms with Gasteiger partial charge in [-0.15, -0.1) is 0 Å². The molecule has 3 nitrogen and oxygen atoms in total. The van der Waals surface area contributed by atoms with Gasteiger partial charge in [0, 0.05) is 12.1 Å². The lowest BCUT2D eigenvalue weighted by Crippen LogP contribution is -2.22. The lowest BCUT2D eigenvalue weighted by atomic mass is 10.1. The van der Waals surface area contributed by atoms with Crippen molar-refractivity contribution in [1.82, 2.24) is 9.78 Å². The van der Waals surface area contributed by atoms with Crippen molar-refractivity contribution >= 4 is 15.9 Å². The number of halogens is 1. The highest BCUT2D eigenvalue weighted by atomic mass is 79.9. The van der Waals surface area contributed by atoms with Crippen molar-refractivity contribution in [2.75, 3.05) is 0 Å². The summed E-state index contributed by atoms with van der Waals surface area (Å²) in [5.41, 5.74) is 4.79. The molecule has 1 aliphatic rings. The predicted molar refractivity (Wildman–Crippen MR) is 78.7 cm³/mol. The Hall–Kier alpha value is -1.29. The van der Waals surface area contributed by atoms with E-state index in [2.05, 4.69) is 53.1 Å². The third-order valence-corrected chi connectivity index (χ3v) is 4.77. The number of hydrogen-bond donors (Lipinski definition) is 0. The topological polar surface area (TPSA) is 27.1 Å². The third kappa shape index (κ3) is 2.29. The lowest BCUT2D eigenvalue weighted by Gasteiger charge is -2.12. The molecule has 0 fully saturated rings. The smallest absolute Gasteiger partial charge is 0.123 e. The van der Waals surface area contributed by atoms with E-state index in [0.717, 1.165) is 34.6 Å². The van der Waals surface area contributed by atoms with Crippen LogP contribution in [0.5, 0.6) is 5.75 Å². The Bertz CT molecular complexity index is 633. The van der Waals surface area contributed by atoms with Crippen LogP contribution in [0.3, 0.4) is 0 Å². The van der Waals surface area contributed by atoms with Crippen LogP contribution in [0.25, 0.3) is 0 Å². The number of ether oxygens (including phenoxy) is 1. The Labute approximate surface area is 121 Å². The van der Waals surface area contributed by atoms with Gasteiger partial charge in [-0.1, -0.05) is 17.7 Å². The molecule has 1 unspecified atom stereocenters. The Morgan fingerprint density at radius 2 is 2.16 bits per heavy atom. The second kappa shape index (κ2) is 4.67. The average molecular weight is 321 g/mol.